The first-order valence-corrected chi connectivity index (χ1v) is 13.7. The van der Waals surface area contributed by atoms with Gasteiger partial charge in [0.1, 0.15) is 0 Å². The molecule has 0 fully saturated rings. The van der Waals surface area contributed by atoms with Gasteiger partial charge in [0.25, 0.3) is 11.8 Å². The highest BCUT2D eigenvalue weighted by Gasteiger charge is 2.27. The van der Waals surface area contributed by atoms with Crippen molar-refractivity contribution >= 4 is 57.9 Å². The Hall–Kier alpha value is -5.89. The minimum atomic E-state index is -1.01. The van der Waals surface area contributed by atoms with Gasteiger partial charge in [0.2, 0.25) is 0 Å². The predicted octanol–water partition coefficient (Wildman–Crippen LogP) is 7.54. The first-order valence-electron chi connectivity index (χ1n) is 13.7. The maximum atomic E-state index is 13.1. The lowest BCUT2D eigenvalue weighted by molar-refractivity contribution is -0.110. The van der Waals surface area contributed by atoms with Crippen LogP contribution in [0.25, 0.3) is 11.6 Å². The van der Waals surface area contributed by atoms with Gasteiger partial charge >= 0.3 is 5.97 Å². The van der Waals surface area contributed by atoms with Crippen molar-refractivity contribution in [1.29, 1.82) is 0 Å². The summed E-state index contributed by atoms with van der Waals surface area (Å²) in [6.07, 6.45) is 1.70. The Kier molecular flexibility index (Phi) is 7.09. The van der Waals surface area contributed by atoms with E-state index in [1.807, 2.05) is 95.9 Å². The number of carbonyl (C=O) groups excluding carboxylic acids is 2. The number of anilines is 5. The van der Waals surface area contributed by atoms with E-state index in [9.17, 15) is 19.5 Å². The maximum Gasteiger partial charge on any atom is 0.337 e. The molecule has 1 aliphatic heterocycles. The molecule has 1 aliphatic rings. The molecule has 0 saturated heterocycles. The summed E-state index contributed by atoms with van der Waals surface area (Å²) in [7, 11) is 0. The third-order valence-corrected chi connectivity index (χ3v) is 7.44. The lowest BCUT2D eigenvalue weighted by Gasteiger charge is -2.26. The van der Waals surface area contributed by atoms with Crippen LogP contribution in [0.1, 0.15) is 43.2 Å². The van der Waals surface area contributed by atoms with Gasteiger partial charge in [-0.3, -0.25) is 9.59 Å². The predicted molar refractivity (Wildman–Crippen MR) is 169 cm³/mol. The fourth-order valence-electron chi connectivity index (χ4n) is 5.39. The Morgan fingerprint density at radius 2 is 1.49 bits per heavy atom. The number of carboxylic acid groups (broad SMARTS) is 1. The molecule has 4 N–H and O–H groups in total. The molecule has 6 rings (SSSR count). The van der Waals surface area contributed by atoms with E-state index in [4.69, 9.17) is 0 Å². The number of rotatable bonds is 7. The summed E-state index contributed by atoms with van der Waals surface area (Å²) in [6.45, 7) is 3.43. The first-order chi connectivity index (χ1) is 20.8. The largest absolute Gasteiger partial charge is 0.478 e. The number of nitrogens with one attached hydrogen (secondary N) is 3. The van der Waals surface area contributed by atoms with Gasteiger partial charge in [0.15, 0.2) is 0 Å². The van der Waals surface area contributed by atoms with Crippen molar-refractivity contribution < 1.29 is 19.5 Å². The Balaban J connectivity index is 1.37. The van der Waals surface area contributed by atoms with Gasteiger partial charge in [-0.25, -0.2) is 4.79 Å². The van der Waals surface area contributed by atoms with Crippen molar-refractivity contribution in [2.75, 3.05) is 15.5 Å². The zero-order valence-electron chi connectivity index (χ0n) is 23.5. The SMILES string of the molecule is Cc1[nH]c(C=C2C(=O)Nc3cc(N(c4ccccc4)c4cccc(NC(=O)c5ccccc5)c4)ccc32)c(C)c1C(=O)O. The van der Waals surface area contributed by atoms with Gasteiger partial charge in [-0.15, -0.1) is 0 Å². The molecule has 4 aromatic carbocycles. The number of aromatic amines is 1. The van der Waals surface area contributed by atoms with Crippen molar-refractivity contribution in [1.82, 2.24) is 4.98 Å². The first kappa shape index (κ1) is 27.3. The number of aromatic carboxylic acids is 1. The van der Waals surface area contributed by atoms with Crippen LogP contribution in [-0.4, -0.2) is 27.9 Å². The molecule has 1 aromatic heterocycles. The number of fused-ring (bicyclic) bond motifs is 1. The average molecular weight is 569 g/mol. The van der Waals surface area contributed by atoms with E-state index in [1.54, 1.807) is 32.1 Å². The molecule has 0 radical (unpaired) electrons. The van der Waals surface area contributed by atoms with E-state index in [0.717, 1.165) is 17.1 Å². The average Bonchev–Trinajstić information content (AvgIpc) is 3.47. The molecule has 0 aliphatic carbocycles. The highest BCUT2D eigenvalue weighted by Crippen LogP contribution is 2.41. The number of amides is 2. The second kappa shape index (κ2) is 11.2. The third kappa shape index (κ3) is 5.29. The summed E-state index contributed by atoms with van der Waals surface area (Å²) in [4.78, 5) is 42.8. The third-order valence-electron chi connectivity index (χ3n) is 7.44. The molecule has 0 spiro atoms. The van der Waals surface area contributed by atoms with Crippen LogP contribution in [0.15, 0.2) is 103 Å². The van der Waals surface area contributed by atoms with Crippen LogP contribution in [0, 0.1) is 13.8 Å². The van der Waals surface area contributed by atoms with Crippen LogP contribution < -0.4 is 15.5 Å². The lowest BCUT2D eigenvalue weighted by atomic mass is 10.0. The Bertz CT molecular complexity index is 1910. The van der Waals surface area contributed by atoms with Crippen LogP contribution in [0.3, 0.4) is 0 Å². The molecule has 5 aromatic rings. The number of benzene rings is 4. The van der Waals surface area contributed by atoms with Crippen molar-refractivity contribution in [3.05, 3.63) is 137 Å². The molecule has 8 heteroatoms. The molecule has 8 nitrogen and oxygen atoms in total. The molecule has 0 saturated carbocycles. The Labute approximate surface area is 248 Å². The van der Waals surface area contributed by atoms with Gasteiger partial charge in [-0.05, 0) is 86.2 Å². The van der Waals surface area contributed by atoms with E-state index in [1.165, 1.54) is 0 Å². The maximum absolute atomic E-state index is 13.1. The van der Waals surface area contributed by atoms with Crippen LogP contribution in [-0.2, 0) is 4.79 Å². The number of nitrogens with zero attached hydrogens (tertiary/aromatic N) is 1. The minimum Gasteiger partial charge on any atom is -0.478 e. The molecule has 2 heterocycles. The van der Waals surface area contributed by atoms with Crippen molar-refractivity contribution in [2.45, 2.75) is 13.8 Å². The van der Waals surface area contributed by atoms with E-state index in [-0.39, 0.29) is 17.4 Å². The zero-order chi connectivity index (χ0) is 30.1. The highest BCUT2D eigenvalue weighted by atomic mass is 16.4. The molecule has 43 heavy (non-hydrogen) atoms. The Morgan fingerprint density at radius 1 is 0.814 bits per heavy atom. The molecule has 0 unspecified atom stereocenters. The summed E-state index contributed by atoms with van der Waals surface area (Å²) >= 11 is 0. The number of aryl methyl sites for hydroxylation is 1. The second-order valence-electron chi connectivity index (χ2n) is 10.3. The highest BCUT2D eigenvalue weighted by molar-refractivity contribution is 6.35. The van der Waals surface area contributed by atoms with Crippen molar-refractivity contribution in [2.24, 2.45) is 0 Å². The Morgan fingerprint density at radius 3 is 2.19 bits per heavy atom. The molecule has 212 valence electrons. The quantitative estimate of drug-likeness (QED) is 0.151. The number of hydrogen-bond acceptors (Lipinski definition) is 4. The fourth-order valence-corrected chi connectivity index (χ4v) is 5.39. The van der Waals surface area contributed by atoms with Crippen molar-refractivity contribution in [3.63, 3.8) is 0 Å². The second-order valence-corrected chi connectivity index (χ2v) is 10.3. The smallest absolute Gasteiger partial charge is 0.337 e. The van der Waals surface area contributed by atoms with Crippen LogP contribution in [0.2, 0.25) is 0 Å². The number of carbonyl (C=O) groups is 3. The number of para-hydroxylation sites is 1. The monoisotopic (exact) mass is 568 g/mol. The van der Waals surface area contributed by atoms with Gasteiger partial charge < -0.3 is 25.6 Å². The molecule has 0 atom stereocenters. The van der Waals surface area contributed by atoms with Crippen molar-refractivity contribution in [3.8, 4) is 0 Å². The molecular weight excluding hydrogens is 540 g/mol. The summed E-state index contributed by atoms with van der Waals surface area (Å²) in [5.74, 6) is -1.49. The summed E-state index contributed by atoms with van der Waals surface area (Å²) in [5.41, 5.74) is 7.42. The number of carboxylic acids is 1. The molecule has 0 bridgehead atoms. The topological polar surface area (TPSA) is 115 Å². The summed E-state index contributed by atoms with van der Waals surface area (Å²) < 4.78 is 0. The number of H-pyrrole nitrogens is 1. The van der Waals surface area contributed by atoms with Gasteiger partial charge in [-0.2, -0.15) is 0 Å². The molecule has 2 amide bonds. The van der Waals surface area contributed by atoms with E-state index < -0.39 is 5.97 Å². The van der Waals surface area contributed by atoms with E-state index >= 15 is 0 Å². The molecular formula is C35H28N4O4. The summed E-state index contributed by atoms with van der Waals surface area (Å²) in [5, 5.41) is 15.5. The van der Waals surface area contributed by atoms with Crippen LogP contribution in [0.4, 0.5) is 28.4 Å². The van der Waals surface area contributed by atoms with Crippen LogP contribution in [0.5, 0.6) is 0 Å². The van der Waals surface area contributed by atoms with E-state index in [0.29, 0.717) is 45.0 Å². The lowest BCUT2D eigenvalue weighted by Crippen LogP contribution is -2.13. The zero-order valence-corrected chi connectivity index (χ0v) is 23.5. The minimum absolute atomic E-state index is 0.202. The van der Waals surface area contributed by atoms with Crippen LogP contribution >= 0.6 is 0 Å². The fraction of sp³-hybridized carbons (Fsp3) is 0.0571. The van der Waals surface area contributed by atoms with Gasteiger partial charge in [0.05, 0.1) is 16.8 Å². The summed E-state index contributed by atoms with van der Waals surface area (Å²) in [6, 6.07) is 32.2. The standard InChI is InChI=1S/C35H28N4O4/c1-21-30(36-22(2)32(21)35(42)43)20-29-28-17-16-27(19-31(28)38-34(29)41)39(25-13-7-4-8-14-25)26-15-9-12-24(18-26)37-33(40)23-10-5-3-6-11-23/h3-20,36H,1-2H3,(H,37,40)(H,38,41)(H,42,43). The normalized spacial score (nSPS) is 13.0. The number of aromatic nitrogens is 1. The van der Waals surface area contributed by atoms with Gasteiger partial charge in [-0.1, -0.05) is 42.5 Å². The van der Waals surface area contributed by atoms with E-state index in [2.05, 4.69) is 15.6 Å². The van der Waals surface area contributed by atoms with Gasteiger partial charge in [0, 0.05) is 45.3 Å². The number of hydrogen-bond donors (Lipinski definition) is 4.